The van der Waals surface area contributed by atoms with Crippen LogP contribution >= 0.6 is 0 Å². The number of H-pyrrole nitrogens is 2. The first-order chi connectivity index (χ1) is 18.2. The molecule has 0 bridgehead atoms. The molecule has 1 unspecified atom stereocenters. The highest BCUT2D eigenvalue weighted by Crippen LogP contribution is 2.38. The van der Waals surface area contributed by atoms with Gasteiger partial charge in [0.2, 0.25) is 11.3 Å². The third-order valence-corrected chi connectivity index (χ3v) is 7.36. The average Bonchev–Trinajstić information content (AvgIpc) is 3.50. The molecule has 0 amide bonds. The van der Waals surface area contributed by atoms with Crippen molar-refractivity contribution < 1.29 is 8.76 Å². The smallest absolute Gasteiger partial charge is 0.249 e. The molecule has 0 saturated carbocycles. The number of aromatic amines is 2. The number of nitrogens with one attached hydrogen (secondary N) is 2. The Hall–Kier alpha value is -3.11. The Morgan fingerprint density at radius 3 is 1.69 bits per heavy atom. The number of benzene rings is 2. The molecule has 4 rings (SSSR count). The molecule has 2 aromatic heterocycles. The molecule has 0 fully saturated rings. The van der Waals surface area contributed by atoms with Crippen molar-refractivity contribution in [2.24, 2.45) is 10.8 Å². The van der Waals surface area contributed by atoms with E-state index in [4.69, 9.17) is 0 Å². The summed E-state index contributed by atoms with van der Waals surface area (Å²) in [5, 5.41) is 1.63. The van der Waals surface area contributed by atoms with Gasteiger partial charge in [0, 0.05) is 20.5 Å². The van der Waals surface area contributed by atoms with E-state index in [1.165, 1.54) is 4.41 Å². The van der Waals surface area contributed by atoms with E-state index in [0.29, 0.717) is 5.82 Å². The summed E-state index contributed by atoms with van der Waals surface area (Å²) in [5.74, 6) is 1.64. The molecule has 0 saturated heterocycles. The van der Waals surface area contributed by atoms with Crippen LogP contribution in [0.1, 0.15) is 59.2 Å². The number of rotatable bonds is 8. The van der Waals surface area contributed by atoms with Crippen molar-refractivity contribution in [2.75, 3.05) is 14.1 Å². The largest absolute Gasteiger partial charge is 0.342 e. The lowest BCUT2D eigenvalue weighted by Crippen LogP contribution is -2.46. The van der Waals surface area contributed by atoms with E-state index in [1.807, 2.05) is 27.0 Å². The van der Waals surface area contributed by atoms with Crippen LogP contribution in [-0.2, 0) is 17.7 Å². The molecular weight excluding hydrogens is 508 g/mol. The van der Waals surface area contributed by atoms with Crippen molar-refractivity contribution in [3.05, 3.63) is 72.6 Å². The molecule has 4 aromatic rings. The molecule has 2 heterocycles. The fraction of sp³-hybridized carbons (Fsp3) is 0.400. The van der Waals surface area contributed by atoms with E-state index in [0.717, 1.165) is 45.9 Å². The van der Waals surface area contributed by atoms with Gasteiger partial charge < -0.3 is 9.97 Å². The molecule has 208 valence electrons. The topological polar surface area (TPSA) is 101 Å². The van der Waals surface area contributed by atoms with Gasteiger partial charge in [-0.3, -0.25) is 4.55 Å². The summed E-state index contributed by atoms with van der Waals surface area (Å²) < 4.78 is 23.5. The lowest BCUT2D eigenvalue weighted by Gasteiger charge is -2.39. The van der Waals surface area contributed by atoms with Crippen LogP contribution in [-0.4, -0.2) is 52.2 Å². The minimum Gasteiger partial charge on any atom is -0.342 e. The summed E-state index contributed by atoms with van der Waals surface area (Å²) in [6, 6.07) is 16.4. The number of hydrazine groups is 1. The minimum atomic E-state index is -2.19. The molecule has 3 N–H and O–H groups in total. The normalized spacial score (nSPS) is 14.2. The van der Waals surface area contributed by atoms with Crippen LogP contribution in [0, 0.1) is 10.8 Å². The molecule has 0 radical (unpaired) electrons. The summed E-state index contributed by atoms with van der Waals surface area (Å²) >= 11 is -2.19. The van der Waals surface area contributed by atoms with Gasteiger partial charge in [-0.15, -0.1) is 4.41 Å². The summed E-state index contributed by atoms with van der Waals surface area (Å²) in [4.78, 5) is 16.0. The van der Waals surface area contributed by atoms with E-state index in [-0.39, 0.29) is 10.8 Å². The molecule has 0 aliphatic rings. The highest BCUT2D eigenvalue weighted by atomic mass is 32.2. The first kappa shape index (κ1) is 28.9. The number of imidazole rings is 2. The van der Waals surface area contributed by atoms with Gasteiger partial charge >= 0.3 is 0 Å². The van der Waals surface area contributed by atoms with Crippen LogP contribution in [0.4, 0.5) is 0 Å². The molecule has 0 spiro atoms. The predicted molar refractivity (Wildman–Crippen MR) is 159 cm³/mol. The number of aromatic nitrogens is 4. The van der Waals surface area contributed by atoms with Crippen molar-refractivity contribution in [1.82, 2.24) is 29.4 Å². The van der Waals surface area contributed by atoms with Gasteiger partial charge in [-0.05, 0) is 33.1 Å². The van der Waals surface area contributed by atoms with Crippen LogP contribution in [0.2, 0.25) is 0 Å². The summed E-state index contributed by atoms with van der Waals surface area (Å²) in [5.41, 5.74) is 6.06. The number of hydrogen-bond donors (Lipinski definition) is 3. The molecule has 39 heavy (non-hydrogen) atoms. The third-order valence-electron chi connectivity index (χ3n) is 6.50. The summed E-state index contributed by atoms with van der Waals surface area (Å²) in [7, 11) is 3.50. The summed E-state index contributed by atoms with van der Waals surface area (Å²) in [6.07, 6.45) is 4.59. The molecular formula is C30H40N6O2S. The monoisotopic (exact) mass is 548 g/mol. The van der Waals surface area contributed by atoms with Gasteiger partial charge in [-0.2, -0.15) is 0 Å². The van der Waals surface area contributed by atoms with Crippen LogP contribution in [0.3, 0.4) is 0 Å². The maximum Gasteiger partial charge on any atom is 0.249 e. The van der Waals surface area contributed by atoms with Gasteiger partial charge in [0.25, 0.3) is 0 Å². The van der Waals surface area contributed by atoms with E-state index >= 15 is 0 Å². The maximum atomic E-state index is 12.2. The Morgan fingerprint density at radius 2 is 1.26 bits per heavy atom. The minimum absolute atomic E-state index is 0.184. The fourth-order valence-electron chi connectivity index (χ4n) is 4.71. The lowest BCUT2D eigenvalue weighted by atomic mass is 9.86. The highest BCUT2D eigenvalue weighted by Gasteiger charge is 2.38. The van der Waals surface area contributed by atoms with Crippen molar-refractivity contribution in [3.63, 3.8) is 0 Å². The van der Waals surface area contributed by atoms with Gasteiger partial charge in [0.05, 0.1) is 23.8 Å². The van der Waals surface area contributed by atoms with Crippen LogP contribution in [0.5, 0.6) is 0 Å². The summed E-state index contributed by atoms with van der Waals surface area (Å²) in [6.45, 7) is 12.7. The first-order valence-corrected chi connectivity index (χ1v) is 14.2. The highest BCUT2D eigenvalue weighted by molar-refractivity contribution is 7.76. The van der Waals surface area contributed by atoms with Crippen LogP contribution in [0.25, 0.3) is 33.6 Å². The molecule has 9 heteroatoms. The Kier molecular flexibility index (Phi) is 8.28. The second kappa shape index (κ2) is 11.2. The van der Waals surface area contributed by atoms with Gasteiger partial charge in [-0.25, -0.2) is 19.2 Å². The average molecular weight is 549 g/mol. The predicted octanol–water partition coefficient (Wildman–Crippen LogP) is 6.72. The quantitative estimate of drug-likeness (QED) is 0.167. The van der Waals surface area contributed by atoms with Gasteiger partial charge in [0.15, 0.2) is 0 Å². The lowest BCUT2D eigenvalue weighted by molar-refractivity contribution is 0.0182. The van der Waals surface area contributed by atoms with E-state index < -0.39 is 17.3 Å². The SMILES string of the molecule is CN(C)N([C@H](c1ncc(-c2ccc(-c3ccc(-c4cnc(CC(C)(C)C)[nH]4)cc3)cc2)[nH]1)C(C)(C)C)S(=O)O. The zero-order chi connectivity index (χ0) is 28.5. The van der Waals surface area contributed by atoms with Crippen LogP contribution < -0.4 is 0 Å². The molecule has 8 nitrogen and oxygen atoms in total. The molecule has 2 atom stereocenters. The number of nitrogens with zero attached hydrogens (tertiary/aromatic N) is 4. The zero-order valence-electron chi connectivity index (χ0n) is 24.1. The van der Waals surface area contributed by atoms with Crippen molar-refractivity contribution >= 4 is 11.3 Å². The second-order valence-corrected chi connectivity index (χ2v) is 13.3. The first-order valence-electron chi connectivity index (χ1n) is 13.1. The number of hydrogen-bond acceptors (Lipinski definition) is 4. The Labute approximate surface area is 234 Å². The molecule has 2 aromatic carbocycles. The fourth-order valence-corrected chi connectivity index (χ4v) is 5.59. The van der Waals surface area contributed by atoms with Crippen molar-refractivity contribution in [1.29, 1.82) is 0 Å². The maximum absolute atomic E-state index is 12.2. The van der Waals surface area contributed by atoms with Gasteiger partial charge in [-0.1, -0.05) is 90.1 Å². The van der Waals surface area contributed by atoms with Crippen molar-refractivity contribution in [2.45, 2.75) is 54.0 Å². The van der Waals surface area contributed by atoms with Crippen molar-refractivity contribution in [3.8, 4) is 33.6 Å². The molecule has 0 aliphatic heterocycles. The van der Waals surface area contributed by atoms with Crippen LogP contribution in [0.15, 0.2) is 60.9 Å². The Balaban J connectivity index is 1.53. The standard InChI is InChI=1S/C30H40N6O2S/c1-29(2,3)17-26-31-18-24(33-26)22-13-9-20(10-14-22)21-11-15-23(16-12-21)25-19-32-28(34-25)27(30(4,5)6)36(35(7)8)39(37)38/h9-16,18-19,27H,17H2,1-8H3,(H,31,33)(H,32,34)(H,37,38)/t27-/m1/s1. The second-order valence-electron chi connectivity index (χ2n) is 12.5. The van der Waals surface area contributed by atoms with E-state index in [9.17, 15) is 8.76 Å². The van der Waals surface area contributed by atoms with E-state index in [1.54, 1.807) is 25.3 Å². The molecule has 0 aliphatic carbocycles. The Morgan fingerprint density at radius 1 is 0.795 bits per heavy atom. The van der Waals surface area contributed by atoms with E-state index in [2.05, 4.69) is 89.2 Å². The van der Waals surface area contributed by atoms with Gasteiger partial charge in [0.1, 0.15) is 17.7 Å². The third kappa shape index (κ3) is 6.91. The zero-order valence-corrected chi connectivity index (χ0v) is 24.9. The Bertz CT molecular complexity index is 1410.